The van der Waals surface area contributed by atoms with Gasteiger partial charge in [-0.05, 0) is 25.7 Å². The Bertz CT molecular complexity index is 432. The average Bonchev–Trinajstić information content (AvgIpc) is 2.88. The summed E-state index contributed by atoms with van der Waals surface area (Å²) in [4.78, 5) is 11.5. The zero-order valence-electron chi connectivity index (χ0n) is 12.2. The Morgan fingerprint density at radius 3 is 2.79 bits per heavy atom. The van der Waals surface area contributed by atoms with E-state index in [4.69, 9.17) is 10.8 Å². The van der Waals surface area contributed by atoms with Crippen LogP contribution in [0.5, 0.6) is 0 Å². The van der Waals surface area contributed by atoms with Gasteiger partial charge < -0.3 is 10.3 Å². The first-order chi connectivity index (χ1) is 9.19. The zero-order chi connectivity index (χ0) is 13.8. The van der Waals surface area contributed by atoms with E-state index in [-0.39, 0.29) is 0 Å². The molecule has 2 heterocycles. The molecule has 1 unspecified atom stereocenters. The van der Waals surface area contributed by atoms with Gasteiger partial charge in [-0.1, -0.05) is 20.3 Å². The van der Waals surface area contributed by atoms with Gasteiger partial charge in [0.1, 0.15) is 17.5 Å². The van der Waals surface area contributed by atoms with Crippen molar-refractivity contribution in [3.63, 3.8) is 0 Å². The van der Waals surface area contributed by atoms with E-state index >= 15 is 0 Å². The highest BCUT2D eigenvalue weighted by atomic mass is 15.3. The molecule has 0 saturated carbocycles. The van der Waals surface area contributed by atoms with Gasteiger partial charge in [-0.2, -0.15) is 0 Å². The molecule has 1 aromatic heterocycles. The summed E-state index contributed by atoms with van der Waals surface area (Å²) < 4.78 is 0. The van der Waals surface area contributed by atoms with Crippen molar-refractivity contribution in [3.8, 4) is 0 Å². The number of nitrogen functional groups attached to an aromatic ring is 1. The van der Waals surface area contributed by atoms with Crippen LogP contribution in [0, 0.1) is 12.8 Å². The predicted octanol–water partition coefficient (Wildman–Crippen LogP) is 2.26. The summed E-state index contributed by atoms with van der Waals surface area (Å²) >= 11 is 0. The molecule has 1 aromatic rings. The lowest BCUT2D eigenvalue weighted by Gasteiger charge is -2.21. The van der Waals surface area contributed by atoms with Gasteiger partial charge in [0.05, 0.1) is 0 Å². The minimum Gasteiger partial charge on any atom is -0.356 e. The highest BCUT2D eigenvalue weighted by molar-refractivity contribution is 5.58. The number of nitrogens with zero attached hydrogens (tertiary/aromatic N) is 3. The fourth-order valence-corrected chi connectivity index (χ4v) is 2.83. The molecular formula is C14H25N5. The van der Waals surface area contributed by atoms with Crippen molar-refractivity contribution in [1.29, 1.82) is 0 Å². The molecule has 0 aromatic carbocycles. The van der Waals surface area contributed by atoms with E-state index in [0.717, 1.165) is 48.5 Å². The summed E-state index contributed by atoms with van der Waals surface area (Å²) in [5, 5.41) is 0. The summed E-state index contributed by atoms with van der Waals surface area (Å²) in [6.45, 7) is 8.56. The Kier molecular flexibility index (Phi) is 4.58. The second-order valence-electron chi connectivity index (χ2n) is 5.32. The molecule has 1 aliphatic rings. The SMILES string of the molecule is CCCC1CCN(c2nc(CC)nc(NN)c2C)C1. The number of aromatic nitrogens is 2. The normalized spacial score (nSPS) is 18.9. The number of hydrogen-bond donors (Lipinski definition) is 2. The number of aryl methyl sites for hydroxylation is 1. The van der Waals surface area contributed by atoms with Crippen LogP contribution >= 0.6 is 0 Å². The van der Waals surface area contributed by atoms with Gasteiger partial charge >= 0.3 is 0 Å². The van der Waals surface area contributed by atoms with Crippen molar-refractivity contribution in [2.45, 2.75) is 46.5 Å². The third-order valence-corrected chi connectivity index (χ3v) is 3.90. The maximum Gasteiger partial charge on any atom is 0.148 e. The van der Waals surface area contributed by atoms with Gasteiger partial charge in [0.15, 0.2) is 0 Å². The molecule has 5 nitrogen and oxygen atoms in total. The quantitative estimate of drug-likeness (QED) is 0.630. The number of hydrogen-bond acceptors (Lipinski definition) is 5. The molecule has 19 heavy (non-hydrogen) atoms. The standard InChI is InChI=1S/C14H25N5/c1-4-6-11-7-8-19(9-11)14-10(3)13(18-15)16-12(5-2)17-14/h11H,4-9,15H2,1-3H3,(H,16,17,18). The van der Waals surface area contributed by atoms with Crippen LogP contribution in [0.2, 0.25) is 0 Å². The molecule has 0 bridgehead atoms. The van der Waals surface area contributed by atoms with E-state index in [0.29, 0.717) is 0 Å². The molecule has 1 atom stereocenters. The van der Waals surface area contributed by atoms with Crippen LogP contribution in [0.1, 0.15) is 44.5 Å². The van der Waals surface area contributed by atoms with E-state index in [2.05, 4.69) is 29.2 Å². The topological polar surface area (TPSA) is 67.1 Å². The lowest BCUT2D eigenvalue weighted by Crippen LogP contribution is -2.24. The second kappa shape index (κ2) is 6.19. The maximum atomic E-state index is 5.56. The minimum atomic E-state index is 0.751. The molecule has 1 fully saturated rings. The smallest absolute Gasteiger partial charge is 0.148 e. The van der Waals surface area contributed by atoms with E-state index in [1.54, 1.807) is 0 Å². The third kappa shape index (κ3) is 2.97. The van der Waals surface area contributed by atoms with E-state index in [1.165, 1.54) is 19.3 Å². The Hall–Kier alpha value is -1.36. The van der Waals surface area contributed by atoms with Crippen molar-refractivity contribution < 1.29 is 0 Å². The largest absolute Gasteiger partial charge is 0.356 e. The molecule has 3 N–H and O–H groups in total. The van der Waals surface area contributed by atoms with Crippen molar-refractivity contribution in [2.75, 3.05) is 23.4 Å². The third-order valence-electron chi connectivity index (χ3n) is 3.90. The van der Waals surface area contributed by atoms with Crippen molar-refractivity contribution in [1.82, 2.24) is 9.97 Å². The first-order valence-corrected chi connectivity index (χ1v) is 7.28. The number of nitrogens with one attached hydrogen (secondary N) is 1. The van der Waals surface area contributed by atoms with Gasteiger partial charge in [-0.25, -0.2) is 15.8 Å². The van der Waals surface area contributed by atoms with Crippen molar-refractivity contribution in [2.24, 2.45) is 11.8 Å². The van der Waals surface area contributed by atoms with Gasteiger partial charge in [0.25, 0.3) is 0 Å². The molecule has 0 aliphatic carbocycles. The maximum absolute atomic E-state index is 5.56. The Balaban J connectivity index is 2.24. The molecule has 106 valence electrons. The first kappa shape index (κ1) is 14.1. The van der Waals surface area contributed by atoms with Crippen LogP contribution < -0.4 is 16.2 Å². The summed E-state index contributed by atoms with van der Waals surface area (Å²) in [6, 6.07) is 0. The number of rotatable bonds is 5. The fraction of sp³-hybridized carbons (Fsp3) is 0.714. The highest BCUT2D eigenvalue weighted by Crippen LogP contribution is 2.29. The fourth-order valence-electron chi connectivity index (χ4n) is 2.83. The zero-order valence-corrected chi connectivity index (χ0v) is 12.2. The molecule has 0 spiro atoms. The predicted molar refractivity (Wildman–Crippen MR) is 79.2 cm³/mol. The van der Waals surface area contributed by atoms with Crippen LogP contribution in [0.3, 0.4) is 0 Å². The van der Waals surface area contributed by atoms with Crippen LogP contribution in [0.15, 0.2) is 0 Å². The monoisotopic (exact) mass is 263 g/mol. The minimum absolute atomic E-state index is 0.751. The molecule has 5 heteroatoms. The summed E-state index contributed by atoms with van der Waals surface area (Å²) in [5.74, 6) is 9.02. The Morgan fingerprint density at radius 1 is 1.37 bits per heavy atom. The van der Waals surface area contributed by atoms with Crippen LogP contribution in [-0.4, -0.2) is 23.1 Å². The van der Waals surface area contributed by atoms with E-state index in [9.17, 15) is 0 Å². The average molecular weight is 263 g/mol. The molecule has 2 rings (SSSR count). The van der Waals surface area contributed by atoms with Crippen molar-refractivity contribution >= 4 is 11.6 Å². The second-order valence-corrected chi connectivity index (χ2v) is 5.32. The summed E-state index contributed by atoms with van der Waals surface area (Å²) in [7, 11) is 0. The first-order valence-electron chi connectivity index (χ1n) is 7.28. The molecular weight excluding hydrogens is 238 g/mol. The van der Waals surface area contributed by atoms with Gasteiger partial charge in [0.2, 0.25) is 0 Å². The Morgan fingerprint density at radius 2 is 2.16 bits per heavy atom. The summed E-state index contributed by atoms with van der Waals surface area (Å²) in [6.07, 6.45) is 4.67. The number of hydrazine groups is 1. The van der Waals surface area contributed by atoms with Crippen LogP contribution in [0.25, 0.3) is 0 Å². The Labute approximate surface area is 115 Å². The molecule has 0 amide bonds. The number of anilines is 2. The lowest BCUT2D eigenvalue weighted by atomic mass is 10.0. The van der Waals surface area contributed by atoms with Gasteiger partial charge in [0, 0.05) is 25.1 Å². The summed E-state index contributed by atoms with van der Waals surface area (Å²) in [5.41, 5.74) is 3.75. The molecule has 1 aliphatic heterocycles. The van der Waals surface area contributed by atoms with Crippen LogP contribution in [-0.2, 0) is 6.42 Å². The molecule has 0 radical (unpaired) electrons. The number of nitrogens with two attached hydrogens (primary N) is 1. The van der Waals surface area contributed by atoms with Gasteiger partial charge in [-0.15, -0.1) is 0 Å². The van der Waals surface area contributed by atoms with Crippen LogP contribution in [0.4, 0.5) is 11.6 Å². The lowest BCUT2D eigenvalue weighted by molar-refractivity contribution is 0.529. The molecule has 1 saturated heterocycles. The van der Waals surface area contributed by atoms with Crippen molar-refractivity contribution in [3.05, 3.63) is 11.4 Å². The van der Waals surface area contributed by atoms with Gasteiger partial charge in [-0.3, -0.25) is 0 Å². The van der Waals surface area contributed by atoms with E-state index in [1.807, 2.05) is 6.92 Å². The highest BCUT2D eigenvalue weighted by Gasteiger charge is 2.25. The van der Waals surface area contributed by atoms with E-state index < -0.39 is 0 Å².